The molecule has 0 aromatic carbocycles. The Bertz CT molecular complexity index is 447. The molecule has 2 rings (SSSR count). The van der Waals surface area contributed by atoms with Crippen LogP contribution in [0, 0.1) is 6.92 Å². The van der Waals surface area contributed by atoms with Gasteiger partial charge in [0.05, 0.1) is 19.3 Å². The first-order valence-electron chi connectivity index (χ1n) is 6.95. The zero-order chi connectivity index (χ0) is 14.0. The quantitative estimate of drug-likeness (QED) is 0.906. The molecular formula is C14H24N4O. The molecule has 1 fully saturated rings. The number of rotatable bonds is 3. The first-order chi connectivity index (χ1) is 9.04. The molecule has 0 bridgehead atoms. The number of hydrogen-bond acceptors (Lipinski definition) is 5. The number of nitrogens with one attached hydrogen (secondary N) is 1. The van der Waals surface area contributed by atoms with Gasteiger partial charge in [-0.05, 0) is 13.8 Å². The molecule has 1 aliphatic heterocycles. The van der Waals surface area contributed by atoms with E-state index < -0.39 is 0 Å². The number of nitrogens with zero attached hydrogens (tertiary/aromatic N) is 3. The molecular weight excluding hydrogens is 240 g/mol. The molecule has 19 heavy (non-hydrogen) atoms. The average Bonchev–Trinajstić information content (AvgIpc) is 2.39. The first kappa shape index (κ1) is 14.1. The van der Waals surface area contributed by atoms with Crippen LogP contribution in [0.1, 0.15) is 38.1 Å². The minimum absolute atomic E-state index is 0.322. The van der Waals surface area contributed by atoms with Crippen LogP contribution in [0.4, 0.5) is 11.6 Å². The fourth-order valence-corrected chi connectivity index (χ4v) is 2.34. The Hall–Kier alpha value is -1.36. The van der Waals surface area contributed by atoms with E-state index in [-0.39, 0.29) is 0 Å². The van der Waals surface area contributed by atoms with Crippen LogP contribution in [0.5, 0.6) is 0 Å². The van der Waals surface area contributed by atoms with Crippen LogP contribution in [0.15, 0.2) is 0 Å². The van der Waals surface area contributed by atoms with Crippen LogP contribution in [0.3, 0.4) is 0 Å². The number of ether oxygens (including phenoxy) is 1. The average molecular weight is 264 g/mol. The monoisotopic (exact) mass is 264 g/mol. The molecule has 0 saturated carbocycles. The van der Waals surface area contributed by atoms with Crippen molar-refractivity contribution in [2.24, 2.45) is 0 Å². The van der Waals surface area contributed by atoms with Crippen LogP contribution >= 0.6 is 0 Å². The third-order valence-corrected chi connectivity index (χ3v) is 3.53. The standard InChI is InChI=1S/C14H24N4O/c1-9(2)12-16-13(15-5)11(4)14(17-12)18-6-7-19-8-10(18)3/h9-10H,6-8H2,1-5H3,(H,15,16,17). The normalized spacial score (nSPS) is 19.9. The highest BCUT2D eigenvalue weighted by molar-refractivity contribution is 5.59. The third kappa shape index (κ3) is 2.81. The van der Waals surface area contributed by atoms with Gasteiger partial charge in [0.15, 0.2) is 0 Å². The van der Waals surface area contributed by atoms with E-state index in [4.69, 9.17) is 9.72 Å². The Morgan fingerprint density at radius 3 is 2.68 bits per heavy atom. The molecule has 0 amide bonds. The minimum Gasteiger partial charge on any atom is -0.377 e. The summed E-state index contributed by atoms with van der Waals surface area (Å²) in [4.78, 5) is 11.7. The predicted octanol–water partition coefficient (Wildman–Crippen LogP) is 2.18. The lowest BCUT2D eigenvalue weighted by Gasteiger charge is -2.35. The van der Waals surface area contributed by atoms with Crippen molar-refractivity contribution in [1.82, 2.24) is 9.97 Å². The SMILES string of the molecule is CNc1nc(C(C)C)nc(N2CCOCC2C)c1C. The molecule has 1 unspecified atom stereocenters. The maximum Gasteiger partial charge on any atom is 0.137 e. The second kappa shape index (κ2) is 5.74. The summed E-state index contributed by atoms with van der Waals surface area (Å²) < 4.78 is 5.51. The van der Waals surface area contributed by atoms with Crippen molar-refractivity contribution in [2.75, 3.05) is 37.0 Å². The van der Waals surface area contributed by atoms with Crippen molar-refractivity contribution in [3.8, 4) is 0 Å². The summed E-state index contributed by atoms with van der Waals surface area (Å²) in [5.41, 5.74) is 1.11. The van der Waals surface area contributed by atoms with Gasteiger partial charge in [-0.25, -0.2) is 9.97 Å². The maximum absolute atomic E-state index is 5.51. The molecule has 0 radical (unpaired) electrons. The lowest BCUT2D eigenvalue weighted by Crippen LogP contribution is -2.44. The topological polar surface area (TPSA) is 50.3 Å². The summed E-state index contributed by atoms with van der Waals surface area (Å²) in [6, 6.07) is 0.354. The summed E-state index contributed by atoms with van der Waals surface area (Å²) >= 11 is 0. The Labute approximate surface area is 115 Å². The van der Waals surface area contributed by atoms with E-state index >= 15 is 0 Å². The maximum atomic E-state index is 5.51. The fourth-order valence-electron chi connectivity index (χ4n) is 2.34. The second-order valence-electron chi connectivity index (χ2n) is 5.40. The Morgan fingerprint density at radius 1 is 1.37 bits per heavy atom. The van der Waals surface area contributed by atoms with Crippen molar-refractivity contribution >= 4 is 11.6 Å². The van der Waals surface area contributed by atoms with E-state index in [1.807, 2.05) is 7.05 Å². The zero-order valence-electron chi connectivity index (χ0n) is 12.5. The van der Waals surface area contributed by atoms with Crippen LogP contribution in [-0.4, -0.2) is 42.8 Å². The Balaban J connectivity index is 2.45. The summed E-state index contributed by atoms with van der Waals surface area (Å²) in [6.45, 7) is 10.9. The molecule has 1 aromatic rings. The molecule has 5 heteroatoms. The van der Waals surface area contributed by atoms with Gasteiger partial charge >= 0.3 is 0 Å². The van der Waals surface area contributed by atoms with Crippen molar-refractivity contribution in [2.45, 2.75) is 39.7 Å². The number of aromatic nitrogens is 2. The second-order valence-corrected chi connectivity index (χ2v) is 5.40. The van der Waals surface area contributed by atoms with Crippen molar-refractivity contribution in [3.05, 3.63) is 11.4 Å². The van der Waals surface area contributed by atoms with Gasteiger partial charge in [-0.1, -0.05) is 13.8 Å². The van der Waals surface area contributed by atoms with Gasteiger partial charge in [-0.3, -0.25) is 0 Å². The van der Waals surface area contributed by atoms with E-state index in [1.165, 1.54) is 0 Å². The predicted molar refractivity (Wildman–Crippen MR) is 78.0 cm³/mol. The summed E-state index contributed by atoms with van der Waals surface area (Å²) in [5.74, 6) is 3.18. The molecule has 5 nitrogen and oxygen atoms in total. The third-order valence-electron chi connectivity index (χ3n) is 3.53. The van der Waals surface area contributed by atoms with Crippen LogP contribution < -0.4 is 10.2 Å². The van der Waals surface area contributed by atoms with Crippen molar-refractivity contribution in [1.29, 1.82) is 0 Å². The molecule has 1 saturated heterocycles. The summed E-state index contributed by atoms with van der Waals surface area (Å²) in [7, 11) is 1.91. The fraction of sp³-hybridized carbons (Fsp3) is 0.714. The van der Waals surface area contributed by atoms with Crippen molar-refractivity contribution < 1.29 is 4.74 Å². The van der Waals surface area contributed by atoms with Gasteiger partial charge in [0.25, 0.3) is 0 Å². The van der Waals surface area contributed by atoms with Crippen LogP contribution in [0.25, 0.3) is 0 Å². The van der Waals surface area contributed by atoms with Crippen molar-refractivity contribution in [3.63, 3.8) is 0 Å². The zero-order valence-corrected chi connectivity index (χ0v) is 12.5. The number of anilines is 2. The molecule has 1 aliphatic rings. The summed E-state index contributed by atoms with van der Waals surface area (Å²) in [5, 5.41) is 3.18. The van der Waals surface area contributed by atoms with Crippen LogP contribution in [-0.2, 0) is 4.74 Å². The first-order valence-corrected chi connectivity index (χ1v) is 6.95. The highest BCUT2D eigenvalue weighted by atomic mass is 16.5. The lowest BCUT2D eigenvalue weighted by molar-refractivity contribution is 0.0984. The highest BCUT2D eigenvalue weighted by Gasteiger charge is 2.24. The molecule has 1 aromatic heterocycles. The summed E-state index contributed by atoms with van der Waals surface area (Å²) in [6.07, 6.45) is 0. The van der Waals surface area contributed by atoms with Gasteiger partial charge in [-0.15, -0.1) is 0 Å². The van der Waals surface area contributed by atoms with E-state index in [0.29, 0.717) is 12.0 Å². The van der Waals surface area contributed by atoms with Crippen LogP contribution in [0.2, 0.25) is 0 Å². The molecule has 1 N–H and O–H groups in total. The van der Waals surface area contributed by atoms with E-state index in [0.717, 1.165) is 42.8 Å². The smallest absolute Gasteiger partial charge is 0.137 e. The molecule has 106 valence electrons. The minimum atomic E-state index is 0.322. The van der Waals surface area contributed by atoms with E-state index in [2.05, 4.69) is 42.9 Å². The van der Waals surface area contributed by atoms with Gasteiger partial charge in [0, 0.05) is 25.1 Å². The van der Waals surface area contributed by atoms with Gasteiger partial charge in [0.2, 0.25) is 0 Å². The molecule has 0 spiro atoms. The van der Waals surface area contributed by atoms with Gasteiger partial charge in [0.1, 0.15) is 17.5 Å². The largest absolute Gasteiger partial charge is 0.377 e. The molecule has 2 heterocycles. The molecule has 1 atom stereocenters. The van der Waals surface area contributed by atoms with Gasteiger partial charge < -0.3 is 15.0 Å². The Kier molecular flexibility index (Phi) is 4.24. The van der Waals surface area contributed by atoms with E-state index in [1.54, 1.807) is 0 Å². The van der Waals surface area contributed by atoms with E-state index in [9.17, 15) is 0 Å². The highest BCUT2D eigenvalue weighted by Crippen LogP contribution is 2.28. The number of hydrogen-bond donors (Lipinski definition) is 1. The lowest BCUT2D eigenvalue weighted by atomic mass is 10.1. The molecule has 0 aliphatic carbocycles. The van der Waals surface area contributed by atoms with Gasteiger partial charge in [-0.2, -0.15) is 0 Å². The number of morpholine rings is 1. The Morgan fingerprint density at radius 2 is 2.11 bits per heavy atom.